The largest absolute Gasteiger partial charge is 0.481 e. The second-order valence-electron chi connectivity index (χ2n) is 4.50. The smallest absolute Gasteiger partial charge is 0.315 e. The molecule has 3 atom stereocenters. The number of carboxylic acids is 1. The van der Waals surface area contributed by atoms with Gasteiger partial charge in [0.25, 0.3) is 0 Å². The molecule has 2 amide bonds. The number of carbonyl (C=O) groups is 2. The number of carbonyl (C=O) groups excluding carboxylic acids is 1. The van der Waals surface area contributed by atoms with Gasteiger partial charge in [0.2, 0.25) is 0 Å². The number of carboxylic acid groups (broad SMARTS) is 1. The first-order valence-corrected chi connectivity index (χ1v) is 5.85. The molecule has 6 nitrogen and oxygen atoms in total. The number of nitrogens with one attached hydrogen (secondary N) is 2. The number of aliphatic carboxylic acids is 1. The van der Waals surface area contributed by atoms with E-state index in [0.717, 1.165) is 13.0 Å². The highest BCUT2D eigenvalue weighted by molar-refractivity contribution is 5.76. The zero-order valence-electron chi connectivity index (χ0n) is 10.2. The Morgan fingerprint density at radius 1 is 1.47 bits per heavy atom. The Kier molecular flexibility index (Phi) is 5.21. The number of rotatable bonds is 5. The first-order chi connectivity index (χ1) is 8.00. The van der Waals surface area contributed by atoms with E-state index in [1.54, 1.807) is 13.8 Å². The molecule has 0 aromatic carbocycles. The lowest BCUT2D eigenvalue weighted by atomic mass is 10.0. The minimum Gasteiger partial charge on any atom is -0.481 e. The summed E-state index contributed by atoms with van der Waals surface area (Å²) in [4.78, 5) is 22.2. The summed E-state index contributed by atoms with van der Waals surface area (Å²) in [7, 11) is 0. The van der Waals surface area contributed by atoms with Gasteiger partial charge in [0.05, 0.1) is 12.5 Å². The molecule has 0 radical (unpaired) electrons. The summed E-state index contributed by atoms with van der Waals surface area (Å²) in [6, 6.07) is -0.718. The molecule has 6 heteroatoms. The lowest BCUT2D eigenvalue weighted by Crippen LogP contribution is -2.46. The van der Waals surface area contributed by atoms with E-state index in [1.165, 1.54) is 0 Å². The standard InChI is InChI=1S/C11H20N2O4/c1-7(10(14)15)8(2)13-11(16)12-5-9-3-4-17-6-9/h7-9H,3-6H2,1-2H3,(H,14,15)(H2,12,13,16). The zero-order chi connectivity index (χ0) is 12.8. The van der Waals surface area contributed by atoms with Crippen LogP contribution in [0.1, 0.15) is 20.3 Å². The van der Waals surface area contributed by atoms with E-state index in [0.29, 0.717) is 19.1 Å². The second kappa shape index (κ2) is 6.44. The van der Waals surface area contributed by atoms with Gasteiger partial charge in [-0.25, -0.2) is 4.79 Å². The van der Waals surface area contributed by atoms with Crippen molar-refractivity contribution in [3.63, 3.8) is 0 Å². The van der Waals surface area contributed by atoms with Crippen LogP contribution in [0.5, 0.6) is 0 Å². The maximum atomic E-state index is 11.5. The van der Waals surface area contributed by atoms with Crippen molar-refractivity contribution in [1.29, 1.82) is 0 Å². The lowest BCUT2D eigenvalue weighted by molar-refractivity contribution is -0.141. The fourth-order valence-corrected chi connectivity index (χ4v) is 1.58. The highest BCUT2D eigenvalue weighted by atomic mass is 16.5. The summed E-state index contributed by atoms with van der Waals surface area (Å²) in [5.41, 5.74) is 0. The van der Waals surface area contributed by atoms with E-state index >= 15 is 0 Å². The van der Waals surface area contributed by atoms with Crippen molar-refractivity contribution < 1.29 is 19.4 Å². The van der Waals surface area contributed by atoms with Gasteiger partial charge >= 0.3 is 12.0 Å². The van der Waals surface area contributed by atoms with Gasteiger partial charge in [0.1, 0.15) is 0 Å². The van der Waals surface area contributed by atoms with Crippen LogP contribution in [-0.4, -0.2) is 42.9 Å². The van der Waals surface area contributed by atoms with Crippen LogP contribution >= 0.6 is 0 Å². The van der Waals surface area contributed by atoms with Gasteiger partial charge in [-0.3, -0.25) is 4.79 Å². The summed E-state index contributed by atoms with van der Waals surface area (Å²) in [6.07, 6.45) is 0.960. The van der Waals surface area contributed by atoms with Crippen LogP contribution in [0.3, 0.4) is 0 Å². The molecule has 1 fully saturated rings. The van der Waals surface area contributed by atoms with Gasteiger partial charge in [-0.2, -0.15) is 0 Å². The molecule has 0 saturated carbocycles. The van der Waals surface area contributed by atoms with Crippen molar-refractivity contribution >= 4 is 12.0 Å². The molecular formula is C11H20N2O4. The molecule has 3 unspecified atom stereocenters. The molecule has 0 aromatic rings. The Morgan fingerprint density at radius 2 is 2.18 bits per heavy atom. The van der Waals surface area contributed by atoms with Crippen LogP contribution in [0, 0.1) is 11.8 Å². The molecule has 0 aromatic heterocycles. The van der Waals surface area contributed by atoms with Crippen molar-refractivity contribution in [2.45, 2.75) is 26.3 Å². The number of urea groups is 1. The Labute approximate surface area is 101 Å². The Hall–Kier alpha value is -1.30. The summed E-state index contributed by atoms with van der Waals surface area (Å²) in [6.45, 7) is 5.25. The molecule has 0 spiro atoms. The van der Waals surface area contributed by atoms with Gasteiger partial charge in [0.15, 0.2) is 0 Å². The Balaban J connectivity index is 2.21. The van der Waals surface area contributed by atoms with Crippen molar-refractivity contribution in [3.8, 4) is 0 Å². The predicted octanol–water partition coefficient (Wildman–Crippen LogP) is 0.431. The van der Waals surface area contributed by atoms with Gasteiger partial charge in [-0.05, 0) is 20.3 Å². The molecule has 1 aliphatic heterocycles. The normalized spacial score (nSPS) is 22.8. The van der Waals surface area contributed by atoms with E-state index in [9.17, 15) is 9.59 Å². The van der Waals surface area contributed by atoms with E-state index in [-0.39, 0.29) is 6.03 Å². The molecule has 1 rings (SSSR count). The number of hydrogen-bond acceptors (Lipinski definition) is 3. The van der Waals surface area contributed by atoms with Gasteiger partial charge in [0, 0.05) is 25.1 Å². The fraction of sp³-hybridized carbons (Fsp3) is 0.818. The van der Waals surface area contributed by atoms with Crippen molar-refractivity contribution in [1.82, 2.24) is 10.6 Å². The van der Waals surface area contributed by atoms with Crippen LogP contribution in [0.25, 0.3) is 0 Å². The Morgan fingerprint density at radius 3 is 2.71 bits per heavy atom. The van der Waals surface area contributed by atoms with Crippen LogP contribution < -0.4 is 10.6 Å². The quantitative estimate of drug-likeness (QED) is 0.654. The third kappa shape index (κ3) is 4.60. The molecular weight excluding hydrogens is 224 g/mol. The monoisotopic (exact) mass is 244 g/mol. The molecule has 0 aliphatic carbocycles. The summed E-state index contributed by atoms with van der Waals surface area (Å²) < 4.78 is 5.19. The van der Waals surface area contributed by atoms with Crippen molar-refractivity contribution in [2.75, 3.05) is 19.8 Å². The average Bonchev–Trinajstić information content (AvgIpc) is 2.77. The second-order valence-corrected chi connectivity index (χ2v) is 4.50. The maximum Gasteiger partial charge on any atom is 0.315 e. The van der Waals surface area contributed by atoms with Gasteiger partial charge in [-0.15, -0.1) is 0 Å². The first kappa shape index (κ1) is 13.8. The molecule has 98 valence electrons. The summed E-state index contributed by atoms with van der Waals surface area (Å²) >= 11 is 0. The molecule has 0 bridgehead atoms. The number of amides is 2. The van der Waals surface area contributed by atoms with Crippen LogP contribution in [-0.2, 0) is 9.53 Å². The third-order valence-electron chi connectivity index (χ3n) is 3.07. The molecule has 1 aliphatic rings. The van der Waals surface area contributed by atoms with Gasteiger partial charge in [-0.1, -0.05) is 0 Å². The predicted molar refractivity (Wildman–Crippen MR) is 61.7 cm³/mol. The van der Waals surface area contributed by atoms with Crippen LogP contribution in [0.2, 0.25) is 0 Å². The molecule has 17 heavy (non-hydrogen) atoms. The molecule has 1 heterocycles. The first-order valence-electron chi connectivity index (χ1n) is 5.85. The highest BCUT2D eigenvalue weighted by Crippen LogP contribution is 2.10. The average molecular weight is 244 g/mol. The number of hydrogen-bond donors (Lipinski definition) is 3. The summed E-state index contributed by atoms with van der Waals surface area (Å²) in [5, 5.41) is 14.1. The topological polar surface area (TPSA) is 87.7 Å². The van der Waals surface area contributed by atoms with E-state index < -0.39 is 17.9 Å². The van der Waals surface area contributed by atoms with Crippen molar-refractivity contribution in [3.05, 3.63) is 0 Å². The Bertz CT molecular complexity index is 277. The molecule has 3 N–H and O–H groups in total. The third-order valence-corrected chi connectivity index (χ3v) is 3.07. The van der Waals surface area contributed by atoms with Crippen LogP contribution in [0.15, 0.2) is 0 Å². The van der Waals surface area contributed by atoms with E-state index in [4.69, 9.17) is 9.84 Å². The van der Waals surface area contributed by atoms with E-state index in [2.05, 4.69) is 10.6 Å². The summed E-state index contributed by atoms with van der Waals surface area (Å²) in [5.74, 6) is -1.15. The van der Waals surface area contributed by atoms with Gasteiger partial charge < -0.3 is 20.5 Å². The van der Waals surface area contributed by atoms with Crippen molar-refractivity contribution in [2.24, 2.45) is 11.8 Å². The minimum absolute atomic E-state index is 0.322. The number of ether oxygens (including phenoxy) is 1. The highest BCUT2D eigenvalue weighted by Gasteiger charge is 2.21. The SMILES string of the molecule is CC(NC(=O)NCC1CCOC1)C(C)C(=O)O. The van der Waals surface area contributed by atoms with Crippen LogP contribution in [0.4, 0.5) is 4.79 Å². The molecule has 1 saturated heterocycles. The van der Waals surface area contributed by atoms with E-state index in [1.807, 2.05) is 0 Å². The zero-order valence-corrected chi connectivity index (χ0v) is 10.2. The fourth-order valence-electron chi connectivity index (χ4n) is 1.58. The maximum absolute atomic E-state index is 11.5. The minimum atomic E-state index is -0.915. The lowest BCUT2D eigenvalue weighted by Gasteiger charge is -2.18.